The highest BCUT2D eigenvalue weighted by atomic mass is 127. The van der Waals surface area contributed by atoms with E-state index in [-0.39, 0.29) is 6.61 Å². The first-order valence-corrected chi connectivity index (χ1v) is 5.55. The van der Waals surface area contributed by atoms with Gasteiger partial charge in [-0.25, -0.2) is 9.36 Å². The summed E-state index contributed by atoms with van der Waals surface area (Å²) in [7, 11) is 1.88. The van der Waals surface area contributed by atoms with Gasteiger partial charge >= 0.3 is 5.97 Å². The van der Waals surface area contributed by atoms with Crippen molar-refractivity contribution in [2.24, 2.45) is 7.05 Å². The molecule has 0 atom stereocenters. The molecule has 1 N–H and O–H groups in total. The van der Waals surface area contributed by atoms with E-state index >= 15 is 0 Å². The molecule has 1 rings (SSSR count). The molecule has 6 nitrogen and oxygen atoms in total. The zero-order chi connectivity index (χ0) is 11.7. The number of ether oxygens (including phenoxy) is 1. The average Bonchev–Trinajstić information content (AvgIpc) is 2.18. The summed E-state index contributed by atoms with van der Waals surface area (Å²) in [5.41, 5.74) is 0. The van der Waals surface area contributed by atoms with Crippen LogP contribution in [0.5, 0.6) is 5.75 Å². The molecule has 84 valence electrons. The van der Waals surface area contributed by atoms with Crippen molar-refractivity contribution in [2.75, 3.05) is 6.61 Å². The first kappa shape index (κ1) is 14.1. The van der Waals surface area contributed by atoms with Gasteiger partial charge in [-0.1, -0.05) is 0 Å². The molecular weight excluding hydrogens is 317 g/mol. The van der Waals surface area contributed by atoms with Crippen LogP contribution in [0.3, 0.4) is 0 Å². The van der Waals surface area contributed by atoms with E-state index < -0.39 is 28.0 Å². The van der Waals surface area contributed by atoms with Crippen molar-refractivity contribution in [2.45, 2.75) is 0 Å². The van der Waals surface area contributed by atoms with E-state index in [1.54, 1.807) is 24.5 Å². The molecule has 0 spiro atoms. The van der Waals surface area contributed by atoms with Crippen LogP contribution in [0.25, 0.3) is 0 Å². The highest BCUT2D eigenvalue weighted by molar-refractivity contribution is 5.68. The molecule has 0 radical (unpaired) electrons. The fourth-order valence-electron chi connectivity index (χ4n) is 0.729. The molecule has 0 amide bonds. The maximum atomic E-state index is 10.1. The number of aliphatic carboxylic acids is 1. The molecule has 0 aromatic carbocycles. The Morgan fingerprint density at radius 3 is 2.40 bits per heavy atom. The quantitative estimate of drug-likeness (QED) is 0.442. The van der Waals surface area contributed by atoms with E-state index in [9.17, 15) is 4.79 Å². The lowest BCUT2D eigenvalue weighted by Crippen LogP contribution is -3.77. The fourth-order valence-corrected chi connectivity index (χ4v) is 0.729. The number of carbonyl (C=O) groups is 1. The van der Waals surface area contributed by atoms with Gasteiger partial charge in [0.1, 0.15) is 12.8 Å². The van der Waals surface area contributed by atoms with Gasteiger partial charge in [0.25, 0.3) is 0 Å². The number of carboxylic acids is 1. The van der Waals surface area contributed by atoms with Gasteiger partial charge in [0.2, 0.25) is 0 Å². The molecule has 0 fully saturated rings. The minimum absolute atomic E-state index is 0.298. The van der Waals surface area contributed by atoms with E-state index in [1.807, 2.05) is 11.6 Å². The Bertz CT molecular complexity index is 290. The summed E-state index contributed by atoms with van der Waals surface area (Å²) in [4.78, 5) is 10.1. The minimum atomic E-state index is -1.91. The van der Waals surface area contributed by atoms with Gasteiger partial charge in [0.05, 0.1) is 0 Å². The molecule has 1 heterocycles. The van der Waals surface area contributed by atoms with Crippen molar-refractivity contribution >= 4 is 5.97 Å². The van der Waals surface area contributed by atoms with Crippen molar-refractivity contribution in [3.63, 3.8) is 0 Å². The van der Waals surface area contributed by atoms with Gasteiger partial charge in [0.15, 0.2) is 41.0 Å². The summed E-state index contributed by atoms with van der Waals surface area (Å²) >= 11 is -1.91. The molecule has 0 aliphatic carbocycles. The topological polar surface area (TPSA) is 96.5 Å². The number of nitrogens with zero attached hydrogens (tertiary/aromatic N) is 1. The van der Waals surface area contributed by atoms with Crippen molar-refractivity contribution in [1.29, 1.82) is 0 Å². The Morgan fingerprint density at radius 1 is 1.53 bits per heavy atom. The second-order valence-electron chi connectivity index (χ2n) is 2.44. The number of carboxylic acid groups (broad SMARTS) is 1. The molecule has 0 saturated carbocycles. The van der Waals surface area contributed by atoms with Crippen LogP contribution in [-0.2, 0) is 11.8 Å². The summed E-state index contributed by atoms with van der Waals surface area (Å²) in [6.45, 7) is -0.298. The van der Waals surface area contributed by atoms with E-state index in [2.05, 4.69) is 0 Å². The molecule has 0 aliphatic rings. The third kappa shape index (κ3) is 8.09. The monoisotopic (exact) mass is 327 g/mol. The van der Waals surface area contributed by atoms with Crippen LogP contribution in [-0.4, -0.2) is 17.7 Å². The molecule has 1 aromatic rings. The average molecular weight is 327 g/mol. The van der Waals surface area contributed by atoms with E-state index in [4.69, 9.17) is 16.7 Å². The van der Waals surface area contributed by atoms with Gasteiger partial charge < -0.3 is 16.7 Å². The predicted molar refractivity (Wildman–Crippen MR) is 40.7 cm³/mol. The van der Waals surface area contributed by atoms with Crippen LogP contribution in [0.1, 0.15) is 0 Å². The largest absolute Gasteiger partial charge is 0.599 e. The highest BCUT2D eigenvalue weighted by Gasteiger charge is 1.99. The molecule has 0 unspecified atom stereocenters. The van der Waals surface area contributed by atoms with Crippen LogP contribution >= 0.6 is 0 Å². The summed E-state index contributed by atoms with van der Waals surface area (Å²) in [6, 6.07) is 3.42. The first-order valence-electron chi connectivity index (χ1n) is 3.79. The number of aromatic nitrogens is 1. The summed E-state index contributed by atoms with van der Waals surface area (Å²) in [5.74, 6) is -0.404. The summed E-state index contributed by atoms with van der Waals surface area (Å²) in [6.07, 6.45) is 3.58. The third-order valence-corrected chi connectivity index (χ3v) is 1.31. The Balaban J connectivity index is 0.000000583. The SMILES string of the molecule is C[n+]1ccc(OCC(=O)O)cc1.[O-][I+][O-]. The van der Waals surface area contributed by atoms with Crippen LogP contribution in [0.2, 0.25) is 0 Å². The normalized spacial score (nSPS) is 8.73. The van der Waals surface area contributed by atoms with Crippen LogP contribution < -0.4 is 38.2 Å². The lowest BCUT2D eigenvalue weighted by atomic mass is 10.4. The maximum absolute atomic E-state index is 10.1. The standard InChI is InChI=1S/C8H9NO3.IO2/c1-9-4-2-7(3-5-9)12-6-8(10)11;2-1-3/h2-5H,6H2,1H3;/q;-1/p+1. The van der Waals surface area contributed by atoms with Crippen LogP contribution in [0.15, 0.2) is 24.5 Å². The second-order valence-corrected chi connectivity index (χ2v) is 2.80. The highest BCUT2D eigenvalue weighted by Crippen LogP contribution is 2.04. The Morgan fingerprint density at radius 2 is 2.00 bits per heavy atom. The molecule has 0 saturated heterocycles. The molecule has 1 aromatic heterocycles. The Kier molecular flexibility index (Phi) is 7.86. The number of hydrogen-bond donors (Lipinski definition) is 1. The molecule has 0 bridgehead atoms. The predicted octanol–water partition coefficient (Wildman–Crippen LogP) is -5.40. The third-order valence-electron chi connectivity index (χ3n) is 1.31. The van der Waals surface area contributed by atoms with Gasteiger partial charge in [-0.2, -0.15) is 0 Å². The van der Waals surface area contributed by atoms with Gasteiger partial charge in [-0.05, 0) is 0 Å². The van der Waals surface area contributed by atoms with Crippen molar-refractivity contribution < 1.29 is 48.1 Å². The van der Waals surface area contributed by atoms with Gasteiger partial charge in [-0.15, -0.1) is 0 Å². The van der Waals surface area contributed by atoms with Crippen LogP contribution in [0, 0.1) is 0 Å². The molecule has 15 heavy (non-hydrogen) atoms. The summed E-state index contributed by atoms with van der Waals surface area (Å²) < 4.78 is 23.7. The van der Waals surface area contributed by atoms with Crippen molar-refractivity contribution in [3.05, 3.63) is 24.5 Å². The van der Waals surface area contributed by atoms with E-state index in [1.165, 1.54) is 0 Å². The van der Waals surface area contributed by atoms with Gasteiger partial charge in [0, 0.05) is 12.1 Å². The lowest BCUT2D eigenvalue weighted by Gasteiger charge is -1.99. The maximum Gasteiger partial charge on any atom is 0.341 e. The van der Waals surface area contributed by atoms with Crippen LogP contribution in [0.4, 0.5) is 0 Å². The number of hydrogen-bond acceptors (Lipinski definition) is 4. The molecule has 7 heteroatoms. The Hall–Kier alpha value is -0.930. The minimum Gasteiger partial charge on any atom is -0.599 e. The first-order chi connectivity index (χ1) is 7.10. The number of rotatable bonds is 3. The van der Waals surface area contributed by atoms with E-state index in [0.717, 1.165) is 0 Å². The molecular formula is C8H10INO5. The number of pyridine rings is 1. The van der Waals surface area contributed by atoms with E-state index in [0.29, 0.717) is 5.75 Å². The summed E-state index contributed by atoms with van der Waals surface area (Å²) in [5, 5.41) is 8.30. The zero-order valence-electron chi connectivity index (χ0n) is 7.92. The zero-order valence-corrected chi connectivity index (χ0v) is 10.1. The number of halogens is 1. The molecule has 0 aliphatic heterocycles. The fraction of sp³-hybridized carbons (Fsp3) is 0.250. The smallest absolute Gasteiger partial charge is 0.341 e. The second kappa shape index (κ2) is 8.38. The van der Waals surface area contributed by atoms with Crippen molar-refractivity contribution in [1.82, 2.24) is 0 Å². The van der Waals surface area contributed by atoms with Gasteiger partial charge in [-0.3, -0.25) is 0 Å². The lowest BCUT2D eigenvalue weighted by molar-refractivity contribution is -1.41. The van der Waals surface area contributed by atoms with Crippen molar-refractivity contribution in [3.8, 4) is 5.75 Å². The number of aryl methyl sites for hydroxylation is 1. The Labute approximate surface area is 98.1 Å².